The van der Waals surface area contributed by atoms with Gasteiger partial charge in [-0.2, -0.15) is 0 Å². The Morgan fingerprint density at radius 1 is 0.556 bits per heavy atom. The van der Waals surface area contributed by atoms with Crippen LogP contribution in [0.25, 0.3) is 21.8 Å². The molecule has 0 atom stereocenters. The molecule has 0 N–H and O–H groups in total. The average Bonchev–Trinajstić information content (AvgIpc) is 3.63. The highest BCUT2D eigenvalue weighted by Gasteiger charge is 2.34. The number of unbranched alkanes of at least 4 members (excludes halogenated alkanes) is 3. The van der Waals surface area contributed by atoms with Gasteiger partial charge in [-0.05, 0) is 36.4 Å². The number of rotatable bonds is 8. The lowest BCUT2D eigenvalue weighted by atomic mass is 9.98. The molecule has 1 aliphatic rings. The Labute approximate surface area is 264 Å². The van der Waals surface area contributed by atoms with Gasteiger partial charge in [0, 0.05) is 47.5 Å². The quantitative estimate of drug-likeness (QED) is 0.152. The van der Waals surface area contributed by atoms with Gasteiger partial charge in [0.2, 0.25) is 0 Å². The van der Waals surface area contributed by atoms with E-state index in [1.807, 2.05) is 30.5 Å². The molecule has 10 heteroatoms. The number of hydrogen-bond donors (Lipinski definition) is 0. The van der Waals surface area contributed by atoms with Gasteiger partial charge in [0.05, 0.1) is 52.9 Å². The molecule has 4 aromatic rings. The second-order valence-electron chi connectivity index (χ2n) is 11.0. The van der Waals surface area contributed by atoms with Crippen molar-refractivity contribution in [3.8, 4) is 0 Å². The van der Waals surface area contributed by atoms with E-state index in [9.17, 15) is 9.59 Å². The van der Waals surface area contributed by atoms with Gasteiger partial charge in [-0.15, -0.1) is 0 Å². The molecule has 0 saturated carbocycles. The zero-order valence-corrected chi connectivity index (χ0v) is 25.9. The molecule has 10 nitrogen and oxygen atoms in total. The number of benzene rings is 2. The van der Waals surface area contributed by atoms with Crippen LogP contribution in [0.3, 0.4) is 0 Å². The first-order valence-electron chi connectivity index (χ1n) is 16.0. The van der Waals surface area contributed by atoms with E-state index in [4.69, 9.17) is 28.4 Å². The largest absolute Gasteiger partial charge is 0.462 e. The fourth-order valence-electron chi connectivity index (χ4n) is 5.62. The second kappa shape index (κ2) is 17.7. The van der Waals surface area contributed by atoms with Crippen LogP contribution >= 0.6 is 0 Å². The lowest BCUT2D eigenvalue weighted by Gasteiger charge is -2.15. The second-order valence-corrected chi connectivity index (χ2v) is 11.0. The molecule has 2 aromatic carbocycles. The van der Waals surface area contributed by atoms with Crippen LogP contribution in [0.5, 0.6) is 0 Å². The molecule has 3 heterocycles. The Balaban J connectivity index is 1.21. The lowest BCUT2D eigenvalue weighted by Crippen LogP contribution is -2.28. The van der Waals surface area contributed by atoms with E-state index < -0.39 is 17.9 Å². The number of fused-ring (bicyclic) bond motifs is 2. The Morgan fingerprint density at radius 3 is 1.69 bits per heavy atom. The normalized spacial score (nSPS) is 17.4. The van der Waals surface area contributed by atoms with Crippen LogP contribution in [0.1, 0.15) is 37.2 Å². The summed E-state index contributed by atoms with van der Waals surface area (Å²) in [6.07, 6.45) is 8.33. The summed E-state index contributed by atoms with van der Waals surface area (Å²) in [7, 11) is 0. The predicted octanol–water partition coefficient (Wildman–Crippen LogP) is 5.11. The number of hydrogen-bond acceptors (Lipinski definition) is 8. The van der Waals surface area contributed by atoms with Crippen molar-refractivity contribution in [3.05, 3.63) is 72.6 Å². The van der Waals surface area contributed by atoms with Crippen molar-refractivity contribution in [1.82, 2.24) is 9.13 Å². The van der Waals surface area contributed by atoms with Gasteiger partial charge in [-0.1, -0.05) is 49.2 Å². The molecule has 0 spiro atoms. The Hall–Kier alpha value is -3.70. The third kappa shape index (κ3) is 9.40. The van der Waals surface area contributed by atoms with Gasteiger partial charge in [0.25, 0.3) is 0 Å². The van der Waals surface area contributed by atoms with E-state index in [2.05, 4.69) is 45.7 Å². The van der Waals surface area contributed by atoms with Crippen LogP contribution in [-0.2, 0) is 51.1 Å². The van der Waals surface area contributed by atoms with Crippen LogP contribution in [-0.4, -0.2) is 87.1 Å². The molecule has 1 fully saturated rings. The summed E-state index contributed by atoms with van der Waals surface area (Å²) in [5.74, 6) is -2.54. The summed E-state index contributed by atoms with van der Waals surface area (Å²) in [6, 6.07) is 18.5. The molecule has 2 aromatic heterocycles. The molecule has 5 rings (SSSR count). The van der Waals surface area contributed by atoms with Gasteiger partial charge >= 0.3 is 11.9 Å². The van der Waals surface area contributed by atoms with E-state index in [-0.39, 0.29) is 26.4 Å². The van der Waals surface area contributed by atoms with Gasteiger partial charge < -0.3 is 37.6 Å². The standard InChI is InChI=1S/C35H44N2O8/c38-34-33(35(39)45-26-24-43-22-20-41-18-17-40-19-21-42-23-25-44-34)30-27-37(32-12-6-4-10-29(30)32)15-8-2-1-7-14-36-16-13-28-9-3-5-11-31(28)36/h3-6,9-13,16,27,33H,1-2,7-8,14-15,17-26H2. The number of aryl methyl sites for hydroxylation is 2. The highest BCUT2D eigenvalue weighted by atomic mass is 16.6. The fraction of sp³-hybridized carbons (Fsp3) is 0.486. The lowest BCUT2D eigenvalue weighted by molar-refractivity contribution is -0.159. The van der Waals surface area contributed by atoms with Gasteiger partial charge in [0.15, 0.2) is 5.92 Å². The Morgan fingerprint density at radius 2 is 1.07 bits per heavy atom. The third-order valence-corrected chi connectivity index (χ3v) is 7.89. The number of cyclic esters (lactones) is 2. The van der Waals surface area contributed by atoms with Crippen LogP contribution in [0.15, 0.2) is 67.0 Å². The topological polar surface area (TPSA) is 99.4 Å². The van der Waals surface area contributed by atoms with E-state index in [0.29, 0.717) is 45.2 Å². The van der Waals surface area contributed by atoms with Gasteiger partial charge in [0.1, 0.15) is 13.2 Å². The number of carbonyl (C=O) groups is 2. The highest BCUT2D eigenvalue weighted by molar-refractivity contribution is 6.04. The van der Waals surface area contributed by atoms with E-state index in [0.717, 1.165) is 49.7 Å². The van der Waals surface area contributed by atoms with Gasteiger partial charge in [-0.25, -0.2) is 0 Å². The van der Waals surface area contributed by atoms with E-state index >= 15 is 0 Å². The molecular formula is C35H44N2O8. The number of ether oxygens (including phenoxy) is 6. The number of carbonyl (C=O) groups excluding carboxylic acids is 2. The van der Waals surface area contributed by atoms with Crippen molar-refractivity contribution in [2.45, 2.75) is 44.7 Å². The first-order chi connectivity index (χ1) is 22.2. The zero-order valence-electron chi connectivity index (χ0n) is 25.9. The minimum Gasteiger partial charge on any atom is -0.462 e. The van der Waals surface area contributed by atoms with E-state index in [1.54, 1.807) is 0 Å². The van der Waals surface area contributed by atoms with E-state index in [1.165, 1.54) is 10.9 Å². The minimum absolute atomic E-state index is 0.0201. The molecular weight excluding hydrogens is 576 g/mol. The fourth-order valence-corrected chi connectivity index (χ4v) is 5.62. The third-order valence-electron chi connectivity index (χ3n) is 7.89. The molecule has 45 heavy (non-hydrogen) atoms. The smallest absolute Gasteiger partial charge is 0.325 e. The maximum atomic E-state index is 13.4. The average molecular weight is 621 g/mol. The van der Waals surface area contributed by atoms with Gasteiger partial charge in [-0.3, -0.25) is 9.59 Å². The van der Waals surface area contributed by atoms with Crippen molar-refractivity contribution in [1.29, 1.82) is 0 Å². The highest BCUT2D eigenvalue weighted by Crippen LogP contribution is 2.30. The monoisotopic (exact) mass is 620 g/mol. The number of para-hydroxylation sites is 2. The van der Waals surface area contributed by atoms with Crippen LogP contribution < -0.4 is 0 Å². The number of esters is 2. The van der Waals surface area contributed by atoms with Crippen molar-refractivity contribution in [2.75, 3.05) is 66.1 Å². The molecule has 0 bridgehead atoms. The summed E-state index contributed by atoms with van der Waals surface area (Å²) < 4.78 is 37.4. The molecule has 1 saturated heterocycles. The van der Waals surface area contributed by atoms with Crippen molar-refractivity contribution < 1.29 is 38.0 Å². The van der Waals surface area contributed by atoms with Crippen molar-refractivity contribution in [3.63, 3.8) is 0 Å². The Bertz CT molecular complexity index is 1470. The van der Waals surface area contributed by atoms with Crippen LogP contribution in [0.2, 0.25) is 0 Å². The maximum absolute atomic E-state index is 13.4. The van der Waals surface area contributed by atoms with Crippen molar-refractivity contribution >= 4 is 33.7 Å². The summed E-state index contributed by atoms with van der Waals surface area (Å²) in [5, 5.41) is 2.10. The summed E-state index contributed by atoms with van der Waals surface area (Å²) >= 11 is 0. The summed E-state index contributed by atoms with van der Waals surface area (Å²) in [6.45, 7) is 4.66. The Kier molecular flexibility index (Phi) is 12.9. The summed E-state index contributed by atoms with van der Waals surface area (Å²) in [5.41, 5.74) is 2.82. The molecule has 0 amide bonds. The SMILES string of the molecule is O=C1OCCOCCOCCOCCOCCOC(=O)C1c1cn(CCCCCCn2ccc3ccccc32)c2ccccc12. The minimum atomic E-state index is -1.22. The molecule has 1 aliphatic heterocycles. The first-order valence-corrected chi connectivity index (χ1v) is 16.0. The van der Waals surface area contributed by atoms with Crippen LogP contribution in [0.4, 0.5) is 0 Å². The first kappa shape index (κ1) is 32.7. The molecule has 0 aliphatic carbocycles. The maximum Gasteiger partial charge on any atom is 0.325 e. The summed E-state index contributed by atoms with van der Waals surface area (Å²) in [4.78, 5) is 26.7. The zero-order chi connectivity index (χ0) is 31.1. The number of nitrogens with zero attached hydrogens (tertiary/aromatic N) is 2. The molecule has 0 unspecified atom stereocenters. The predicted molar refractivity (Wildman–Crippen MR) is 170 cm³/mol. The van der Waals surface area contributed by atoms with Crippen LogP contribution in [0, 0.1) is 0 Å². The molecule has 242 valence electrons. The number of aromatic nitrogens is 2. The molecule has 0 radical (unpaired) electrons. The van der Waals surface area contributed by atoms with Crippen molar-refractivity contribution in [2.24, 2.45) is 0 Å².